The van der Waals surface area contributed by atoms with Crippen LogP contribution in [-0.4, -0.2) is 72.7 Å². The van der Waals surface area contributed by atoms with Gasteiger partial charge in [0.05, 0.1) is 5.60 Å². The maximum absolute atomic E-state index is 12.1. The molecule has 3 aliphatic heterocycles. The number of piperidine rings is 1. The summed E-state index contributed by atoms with van der Waals surface area (Å²) in [5.41, 5.74) is 3.11. The summed E-state index contributed by atoms with van der Waals surface area (Å²) in [6.07, 6.45) is 2.95. The molecule has 2 aromatic carbocycles. The summed E-state index contributed by atoms with van der Waals surface area (Å²) in [6.45, 7) is 9.05. The second kappa shape index (κ2) is 9.03. The lowest BCUT2D eigenvalue weighted by Crippen LogP contribution is -2.43. The molecule has 3 heterocycles. The van der Waals surface area contributed by atoms with E-state index in [0.29, 0.717) is 11.8 Å². The fourth-order valence-electron chi connectivity index (χ4n) is 6.08. The van der Waals surface area contributed by atoms with Crippen molar-refractivity contribution in [2.24, 2.45) is 11.8 Å². The monoisotopic (exact) mass is 419 g/mol. The van der Waals surface area contributed by atoms with Crippen molar-refractivity contribution in [2.45, 2.75) is 31.4 Å². The molecular weight excluding hydrogens is 382 g/mol. The molecule has 0 radical (unpaired) electrons. The van der Waals surface area contributed by atoms with Crippen molar-refractivity contribution in [2.75, 3.05) is 52.9 Å². The van der Waals surface area contributed by atoms with E-state index < -0.39 is 5.60 Å². The highest BCUT2D eigenvalue weighted by molar-refractivity contribution is 5.28. The Balaban J connectivity index is 1.29. The molecule has 1 N–H and O–H groups in total. The number of piperazine rings is 1. The van der Waals surface area contributed by atoms with Gasteiger partial charge < -0.3 is 14.9 Å². The summed E-state index contributed by atoms with van der Waals surface area (Å²) in [6, 6.07) is 19.5. The molecule has 4 heteroatoms. The second-order valence-electron chi connectivity index (χ2n) is 10.1. The van der Waals surface area contributed by atoms with Gasteiger partial charge in [-0.2, -0.15) is 0 Å². The van der Waals surface area contributed by atoms with Crippen LogP contribution in [0.2, 0.25) is 0 Å². The van der Waals surface area contributed by atoms with E-state index in [1.165, 1.54) is 30.6 Å². The van der Waals surface area contributed by atoms with Gasteiger partial charge in [-0.3, -0.25) is 4.90 Å². The van der Waals surface area contributed by atoms with Crippen LogP contribution in [0.15, 0.2) is 54.6 Å². The number of fused-ring (bicyclic) bond motifs is 2. The van der Waals surface area contributed by atoms with Gasteiger partial charge in [0, 0.05) is 51.7 Å². The number of likely N-dealkylation sites (N-methyl/N-ethyl adjacent to an activating group) is 1. The Kier molecular flexibility index (Phi) is 6.16. The van der Waals surface area contributed by atoms with Crippen LogP contribution in [0.4, 0.5) is 0 Å². The number of benzene rings is 2. The number of nitrogens with zero attached hydrogens (tertiary/aromatic N) is 3. The highest BCUT2D eigenvalue weighted by Crippen LogP contribution is 2.46. The van der Waals surface area contributed by atoms with Gasteiger partial charge >= 0.3 is 0 Å². The number of hydrogen-bond acceptors (Lipinski definition) is 4. The fraction of sp³-hybridized carbons (Fsp3) is 0.556. The molecule has 2 bridgehead atoms. The SMILES string of the molecule is CN1CCN(Cc2cccc(CCC(O)(c3ccccc3)C3CN4CCC3C4)c2)CC1. The van der Waals surface area contributed by atoms with E-state index in [2.05, 4.69) is 76.3 Å². The molecule has 0 saturated carbocycles. The summed E-state index contributed by atoms with van der Waals surface area (Å²) in [5.74, 6) is 0.978. The van der Waals surface area contributed by atoms with Gasteiger partial charge in [-0.1, -0.05) is 54.6 Å². The number of aryl methyl sites for hydroxylation is 1. The molecule has 0 aliphatic carbocycles. The normalized spacial score (nSPS) is 28.6. The van der Waals surface area contributed by atoms with Gasteiger partial charge in [-0.05, 0) is 55.5 Å². The molecule has 2 aromatic rings. The van der Waals surface area contributed by atoms with Gasteiger partial charge in [-0.25, -0.2) is 0 Å². The topological polar surface area (TPSA) is 30.0 Å². The molecule has 4 unspecified atom stereocenters. The molecule has 3 saturated heterocycles. The van der Waals surface area contributed by atoms with Crippen LogP contribution in [0, 0.1) is 11.8 Å². The third-order valence-corrected chi connectivity index (χ3v) is 8.01. The van der Waals surface area contributed by atoms with Gasteiger partial charge in [0.25, 0.3) is 0 Å². The highest BCUT2D eigenvalue weighted by atomic mass is 16.3. The van der Waals surface area contributed by atoms with E-state index in [1.807, 2.05) is 0 Å². The average molecular weight is 420 g/mol. The third-order valence-electron chi connectivity index (χ3n) is 8.01. The van der Waals surface area contributed by atoms with Crippen LogP contribution in [0.25, 0.3) is 0 Å². The van der Waals surface area contributed by atoms with Gasteiger partial charge in [-0.15, -0.1) is 0 Å². The van der Waals surface area contributed by atoms with E-state index in [0.717, 1.165) is 57.7 Å². The van der Waals surface area contributed by atoms with Crippen molar-refractivity contribution in [3.63, 3.8) is 0 Å². The van der Waals surface area contributed by atoms with Crippen molar-refractivity contribution in [1.29, 1.82) is 0 Å². The molecule has 0 aromatic heterocycles. The van der Waals surface area contributed by atoms with E-state index in [-0.39, 0.29) is 0 Å². The van der Waals surface area contributed by atoms with Crippen molar-refractivity contribution in [1.82, 2.24) is 14.7 Å². The van der Waals surface area contributed by atoms with Gasteiger partial charge in [0.2, 0.25) is 0 Å². The smallest absolute Gasteiger partial charge is 0.0943 e. The van der Waals surface area contributed by atoms with E-state index in [4.69, 9.17) is 0 Å². The first-order valence-electron chi connectivity index (χ1n) is 12.1. The molecule has 5 rings (SSSR count). The predicted molar refractivity (Wildman–Crippen MR) is 126 cm³/mol. The minimum absolute atomic E-state index is 0.345. The Morgan fingerprint density at radius 1 is 0.903 bits per heavy atom. The lowest BCUT2D eigenvalue weighted by Gasteiger charge is -2.39. The van der Waals surface area contributed by atoms with E-state index in [1.54, 1.807) is 0 Å². The molecule has 0 amide bonds. The second-order valence-corrected chi connectivity index (χ2v) is 10.1. The minimum Gasteiger partial charge on any atom is -0.385 e. The molecule has 0 spiro atoms. The summed E-state index contributed by atoms with van der Waals surface area (Å²) in [4.78, 5) is 7.51. The molecule has 4 atom stereocenters. The highest BCUT2D eigenvalue weighted by Gasteiger charge is 2.49. The van der Waals surface area contributed by atoms with Crippen LogP contribution in [0.5, 0.6) is 0 Å². The maximum Gasteiger partial charge on any atom is 0.0943 e. The van der Waals surface area contributed by atoms with E-state index in [9.17, 15) is 5.11 Å². The lowest BCUT2D eigenvalue weighted by molar-refractivity contribution is -0.0495. The number of rotatable bonds is 7. The molecule has 4 nitrogen and oxygen atoms in total. The van der Waals surface area contributed by atoms with Crippen LogP contribution >= 0.6 is 0 Å². The van der Waals surface area contributed by atoms with Crippen LogP contribution in [0.3, 0.4) is 0 Å². The first kappa shape index (κ1) is 21.1. The predicted octanol–water partition coefficient (Wildman–Crippen LogP) is 3.21. The van der Waals surface area contributed by atoms with Crippen molar-refractivity contribution in [3.8, 4) is 0 Å². The lowest BCUT2D eigenvalue weighted by atomic mass is 9.71. The summed E-state index contributed by atoms with van der Waals surface area (Å²) < 4.78 is 0. The molecule has 166 valence electrons. The summed E-state index contributed by atoms with van der Waals surface area (Å²) in [5, 5.41) is 12.1. The number of aliphatic hydroxyl groups is 1. The Labute approximate surface area is 187 Å². The van der Waals surface area contributed by atoms with Crippen LogP contribution < -0.4 is 0 Å². The first-order chi connectivity index (χ1) is 15.1. The zero-order valence-corrected chi connectivity index (χ0v) is 18.9. The molecular formula is C27H37N3O. The zero-order chi connectivity index (χ0) is 21.3. The first-order valence-corrected chi connectivity index (χ1v) is 12.1. The van der Waals surface area contributed by atoms with Crippen molar-refractivity contribution < 1.29 is 5.11 Å². The van der Waals surface area contributed by atoms with Crippen molar-refractivity contribution >= 4 is 0 Å². The largest absolute Gasteiger partial charge is 0.385 e. The number of hydrogen-bond donors (Lipinski definition) is 1. The van der Waals surface area contributed by atoms with Gasteiger partial charge in [0.1, 0.15) is 0 Å². The van der Waals surface area contributed by atoms with Crippen LogP contribution in [0.1, 0.15) is 29.5 Å². The van der Waals surface area contributed by atoms with Crippen LogP contribution in [-0.2, 0) is 18.6 Å². The molecule has 3 fully saturated rings. The fourth-order valence-corrected chi connectivity index (χ4v) is 6.08. The Hall–Kier alpha value is -1.72. The maximum atomic E-state index is 12.1. The zero-order valence-electron chi connectivity index (χ0n) is 18.9. The summed E-state index contributed by atoms with van der Waals surface area (Å²) >= 11 is 0. The average Bonchev–Trinajstić information content (AvgIpc) is 3.44. The van der Waals surface area contributed by atoms with Crippen molar-refractivity contribution in [3.05, 3.63) is 71.3 Å². The van der Waals surface area contributed by atoms with Gasteiger partial charge in [0.15, 0.2) is 0 Å². The van der Waals surface area contributed by atoms with E-state index >= 15 is 0 Å². The molecule has 3 aliphatic rings. The Bertz CT molecular complexity index is 864. The minimum atomic E-state index is -0.742. The standard InChI is InChI=1S/C27H37N3O/c1-28-14-16-29(17-15-28)19-23-7-5-6-22(18-23)10-12-27(31,25-8-3-2-4-9-25)26-21-30-13-11-24(26)20-30/h2-9,18,24,26,31H,10-17,19-21H2,1H3. The third kappa shape index (κ3) is 4.58. The molecule has 31 heavy (non-hydrogen) atoms. The Morgan fingerprint density at radius 3 is 2.39 bits per heavy atom. The summed E-state index contributed by atoms with van der Waals surface area (Å²) in [7, 11) is 2.21. The quantitative estimate of drug-likeness (QED) is 0.747. The Morgan fingerprint density at radius 2 is 1.68 bits per heavy atom.